The van der Waals surface area contributed by atoms with Gasteiger partial charge in [-0.25, -0.2) is 17.5 Å². The second kappa shape index (κ2) is 5.90. The van der Waals surface area contributed by atoms with Gasteiger partial charge in [0.1, 0.15) is 10.7 Å². The molecule has 6 heteroatoms. The van der Waals surface area contributed by atoms with Gasteiger partial charge in [-0.3, -0.25) is 4.98 Å². The van der Waals surface area contributed by atoms with Crippen LogP contribution >= 0.6 is 0 Å². The average Bonchev–Trinajstić information content (AvgIpc) is 2.40. The van der Waals surface area contributed by atoms with Crippen LogP contribution in [-0.2, 0) is 16.4 Å². The van der Waals surface area contributed by atoms with Crippen LogP contribution in [0.1, 0.15) is 5.69 Å². The molecule has 0 fully saturated rings. The van der Waals surface area contributed by atoms with Gasteiger partial charge in [0.15, 0.2) is 0 Å². The first-order valence-corrected chi connectivity index (χ1v) is 7.22. The highest BCUT2D eigenvalue weighted by Crippen LogP contribution is 2.12. The molecule has 0 aliphatic rings. The zero-order chi connectivity index (χ0) is 13.7. The molecule has 2 rings (SSSR count). The first kappa shape index (κ1) is 13.6. The Balaban J connectivity index is 2.01. The molecular formula is C13H13FN2O2S. The molecule has 0 atom stereocenters. The van der Waals surface area contributed by atoms with Gasteiger partial charge in [-0.05, 0) is 24.3 Å². The highest BCUT2D eigenvalue weighted by atomic mass is 32.2. The first-order valence-electron chi connectivity index (χ1n) is 5.74. The summed E-state index contributed by atoms with van der Waals surface area (Å²) in [6, 6.07) is 10.7. The zero-order valence-electron chi connectivity index (χ0n) is 10.1. The molecule has 0 aliphatic carbocycles. The van der Waals surface area contributed by atoms with Crippen molar-refractivity contribution >= 4 is 10.0 Å². The van der Waals surface area contributed by atoms with Crippen LogP contribution in [0.25, 0.3) is 0 Å². The molecule has 0 spiro atoms. The number of sulfonamides is 1. The molecule has 1 aromatic carbocycles. The molecule has 100 valence electrons. The Morgan fingerprint density at radius 2 is 1.84 bits per heavy atom. The lowest BCUT2D eigenvalue weighted by atomic mass is 10.3. The number of rotatable bonds is 5. The monoisotopic (exact) mass is 280 g/mol. The lowest BCUT2D eigenvalue weighted by Gasteiger charge is -2.07. The summed E-state index contributed by atoms with van der Waals surface area (Å²) in [6.07, 6.45) is 2.09. The van der Waals surface area contributed by atoms with Crippen LogP contribution in [0, 0.1) is 5.82 Å². The summed E-state index contributed by atoms with van der Waals surface area (Å²) in [5, 5.41) is 0. The van der Waals surface area contributed by atoms with Crippen LogP contribution in [0.2, 0.25) is 0 Å². The highest BCUT2D eigenvalue weighted by Gasteiger charge is 2.17. The minimum Gasteiger partial charge on any atom is -0.261 e. The standard InChI is InChI=1S/C13H13FN2O2S/c14-12-6-1-2-7-13(12)19(17,18)16-10-8-11-5-3-4-9-15-11/h1-7,9,16H,8,10H2. The van der Waals surface area contributed by atoms with E-state index in [1.54, 1.807) is 18.3 Å². The molecule has 0 amide bonds. The van der Waals surface area contributed by atoms with Gasteiger partial charge in [-0.2, -0.15) is 0 Å². The summed E-state index contributed by atoms with van der Waals surface area (Å²) < 4.78 is 39.5. The molecule has 0 radical (unpaired) electrons. The topological polar surface area (TPSA) is 59.1 Å². The van der Waals surface area contributed by atoms with Crippen LogP contribution in [0.3, 0.4) is 0 Å². The van der Waals surface area contributed by atoms with Crippen LogP contribution < -0.4 is 4.72 Å². The van der Waals surface area contributed by atoms with Crippen molar-refractivity contribution < 1.29 is 12.8 Å². The second-order valence-electron chi connectivity index (χ2n) is 3.90. The van der Waals surface area contributed by atoms with E-state index in [4.69, 9.17) is 0 Å². The molecule has 0 saturated heterocycles. The quantitative estimate of drug-likeness (QED) is 0.907. The summed E-state index contributed by atoms with van der Waals surface area (Å²) in [7, 11) is -3.81. The molecule has 4 nitrogen and oxygen atoms in total. The van der Waals surface area contributed by atoms with Crippen molar-refractivity contribution in [3.63, 3.8) is 0 Å². The van der Waals surface area contributed by atoms with Crippen molar-refractivity contribution in [1.82, 2.24) is 9.71 Å². The van der Waals surface area contributed by atoms with E-state index in [0.29, 0.717) is 6.42 Å². The van der Waals surface area contributed by atoms with Gasteiger partial charge in [0, 0.05) is 24.9 Å². The molecule has 0 bridgehead atoms. The number of nitrogens with zero attached hydrogens (tertiary/aromatic N) is 1. The van der Waals surface area contributed by atoms with Crippen LogP contribution in [0.5, 0.6) is 0 Å². The van der Waals surface area contributed by atoms with E-state index in [9.17, 15) is 12.8 Å². The van der Waals surface area contributed by atoms with Crippen LogP contribution in [0.15, 0.2) is 53.6 Å². The van der Waals surface area contributed by atoms with E-state index in [1.165, 1.54) is 18.2 Å². The highest BCUT2D eigenvalue weighted by molar-refractivity contribution is 7.89. The van der Waals surface area contributed by atoms with Crippen LogP contribution in [-0.4, -0.2) is 19.9 Å². The molecule has 0 aliphatic heterocycles. The van der Waals surface area contributed by atoms with Gasteiger partial charge in [-0.15, -0.1) is 0 Å². The summed E-state index contributed by atoms with van der Waals surface area (Å²) in [5.74, 6) is -0.757. The van der Waals surface area contributed by atoms with E-state index in [1.807, 2.05) is 6.07 Å². The van der Waals surface area contributed by atoms with Crippen molar-refractivity contribution in [2.45, 2.75) is 11.3 Å². The molecule has 0 saturated carbocycles. The number of hydrogen-bond donors (Lipinski definition) is 1. The number of aromatic nitrogens is 1. The normalized spacial score (nSPS) is 11.4. The summed E-state index contributed by atoms with van der Waals surface area (Å²) in [6.45, 7) is 0.174. The third-order valence-corrected chi connectivity index (χ3v) is 4.02. The third-order valence-electron chi connectivity index (χ3n) is 2.53. The number of halogens is 1. The summed E-state index contributed by atoms with van der Waals surface area (Å²) in [4.78, 5) is 3.74. The molecule has 1 aromatic heterocycles. The zero-order valence-corrected chi connectivity index (χ0v) is 10.9. The Morgan fingerprint density at radius 3 is 2.53 bits per heavy atom. The smallest absolute Gasteiger partial charge is 0.243 e. The van der Waals surface area contributed by atoms with E-state index in [-0.39, 0.29) is 11.4 Å². The number of hydrogen-bond acceptors (Lipinski definition) is 3. The number of nitrogens with one attached hydrogen (secondary N) is 1. The van der Waals surface area contributed by atoms with Gasteiger partial charge in [-0.1, -0.05) is 18.2 Å². The van der Waals surface area contributed by atoms with E-state index < -0.39 is 15.8 Å². The largest absolute Gasteiger partial charge is 0.261 e. The molecule has 0 unspecified atom stereocenters. The summed E-state index contributed by atoms with van der Waals surface area (Å²) >= 11 is 0. The third kappa shape index (κ3) is 3.59. The van der Waals surface area contributed by atoms with Crippen LogP contribution in [0.4, 0.5) is 4.39 Å². The average molecular weight is 280 g/mol. The Labute approximate surface area is 111 Å². The molecule has 2 aromatic rings. The number of benzene rings is 1. The fourth-order valence-electron chi connectivity index (χ4n) is 1.60. The van der Waals surface area contributed by atoms with E-state index in [0.717, 1.165) is 11.8 Å². The van der Waals surface area contributed by atoms with Crippen molar-refractivity contribution in [1.29, 1.82) is 0 Å². The van der Waals surface area contributed by atoms with Crippen molar-refractivity contribution in [2.75, 3.05) is 6.54 Å². The minimum atomic E-state index is -3.81. The maximum atomic E-state index is 13.4. The fourth-order valence-corrected chi connectivity index (χ4v) is 2.71. The Hall–Kier alpha value is -1.79. The number of pyridine rings is 1. The summed E-state index contributed by atoms with van der Waals surface area (Å²) in [5.41, 5.74) is 0.777. The van der Waals surface area contributed by atoms with Crippen molar-refractivity contribution in [3.05, 3.63) is 60.2 Å². The van der Waals surface area contributed by atoms with Gasteiger partial charge in [0.05, 0.1) is 0 Å². The predicted octanol–water partition coefficient (Wildman–Crippen LogP) is 1.74. The second-order valence-corrected chi connectivity index (χ2v) is 5.63. The van der Waals surface area contributed by atoms with Gasteiger partial charge in [0.25, 0.3) is 0 Å². The molecular weight excluding hydrogens is 267 g/mol. The molecule has 1 heterocycles. The van der Waals surface area contributed by atoms with Crippen molar-refractivity contribution in [3.8, 4) is 0 Å². The van der Waals surface area contributed by atoms with E-state index in [2.05, 4.69) is 9.71 Å². The van der Waals surface area contributed by atoms with Crippen molar-refractivity contribution in [2.24, 2.45) is 0 Å². The lowest BCUT2D eigenvalue weighted by molar-refractivity contribution is 0.557. The minimum absolute atomic E-state index is 0.174. The Morgan fingerprint density at radius 1 is 1.11 bits per heavy atom. The predicted molar refractivity (Wildman–Crippen MR) is 69.5 cm³/mol. The van der Waals surface area contributed by atoms with E-state index >= 15 is 0 Å². The van der Waals surface area contributed by atoms with Gasteiger partial charge in [0.2, 0.25) is 10.0 Å². The fraction of sp³-hybridized carbons (Fsp3) is 0.154. The SMILES string of the molecule is O=S(=O)(NCCc1ccccn1)c1ccccc1F. The maximum absolute atomic E-state index is 13.4. The van der Waals surface area contributed by atoms with Gasteiger partial charge < -0.3 is 0 Å². The molecule has 19 heavy (non-hydrogen) atoms. The Bertz CT molecular complexity index is 645. The maximum Gasteiger partial charge on any atom is 0.243 e. The Kier molecular flexibility index (Phi) is 4.24. The lowest BCUT2D eigenvalue weighted by Crippen LogP contribution is -2.26. The first-order chi connectivity index (χ1) is 9.09. The van der Waals surface area contributed by atoms with Gasteiger partial charge >= 0.3 is 0 Å². The molecule has 1 N–H and O–H groups in total.